The molecule has 0 radical (unpaired) electrons. The van der Waals surface area contributed by atoms with Gasteiger partial charge in [-0.3, -0.25) is 0 Å². The largest absolute Gasteiger partial charge is 0.383 e. The van der Waals surface area contributed by atoms with Gasteiger partial charge in [0.15, 0.2) is 20.6 Å². The van der Waals surface area contributed by atoms with Crippen molar-refractivity contribution >= 4 is 37.4 Å². The molecule has 0 atom stereocenters. The average Bonchev–Trinajstić information content (AvgIpc) is 2.70. The lowest BCUT2D eigenvalue weighted by molar-refractivity contribution is 0.602. The smallest absolute Gasteiger partial charge is 0.182 e. The fourth-order valence-corrected chi connectivity index (χ4v) is 3.45. The number of aromatic nitrogens is 2. The summed E-state index contributed by atoms with van der Waals surface area (Å²) >= 11 is 3.46. The van der Waals surface area contributed by atoms with Crippen molar-refractivity contribution in [2.45, 2.75) is 11.4 Å². The van der Waals surface area contributed by atoms with Crippen molar-refractivity contribution in [3.63, 3.8) is 0 Å². The molecule has 0 saturated heterocycles. The van der Waals surface area contributed by atoms with Crippen molar-refractivity contribution in [3.05, 3.63) is 34.3 Å². The molecule has 0 fully saturated rings. The molecule has 2 N–H and O–H groups in total. The van der Waals surface area contributed by atoms with E-state index in [1.54, 1.807) is 19.0 Å². The fourth-order valence-electron chi connectivity index (χ4n) is 2.00. The molecule has 0 saturated carbocycles. The zero-order valence-electron chi connectivity index (χ0n) is 12.0. The predicted octanol–water partition coefficient (Wildman–Crippen LogP) is 1.75. The van der Waals surface area contributed by atoms with E-state index in [-0.39, 0.29) is 10.7 Å². The van der Waals surface area contributed by atoms with Gasteiger partial charge in [0.05, 0.1) is 6.54 Å². The van der Waals surface area contributed by atoms with Crippen LogP contribution in [0.1, 0.15) is 5.56 Å². The Kier molecular flexibility index (Phi) is 4.29. The Morgan fingerprint density at radius 1 is 1.33 bits per heavy atom. The van der Waals surface area contributed by atoms with Crippen LogP contribution in [0.2, 0.25) is 0 Å². The lowest BCUT2D eigenvalue weighted by Crippen LogP contribution is -2.13. The summed E-state index contributed by atoms with van der Waals surface area (Å²) in [5.41, 5.74) is 6.97. The van der Waals surface area contributed by atoms with E-state index in [0.717, 1.165) is 16.3 Å². The van der Waals surface area contributed by atoms with Crippen LogP contribution in [-0.2, 0) is 16.4 Å². The van der Waals surface area contributed by atoms with Crippen LogP contribution in [0.15, 0.2) is 33.6 Å². The van der Waals surface area contributed by atoms with Gasteiger partial charge in [0.1, 0.15) is 5.82 Å². The normalized spacial score (nSPS) is 11.6. The minimum Gasteiger partial charge on any atom is -0.383 e. The summed E-state index contributed by atoms with van der Waals surface area (Å²) in [5, 5.41) is 4.33. The molecular formula is C13H17BrN4O2S. The Morgan fingerprint density at radius 3 is 2.43 bits per heavy atom. The van der Waals surface area contributed by atoms with Crippen LogP contribution in [0.5, 0.6) is 0 Å². The first-order chi connectivity index (χ1) is 9.71. The molecule has 0 aliphatic rings. The SMILES string of the molecule is CN(C)c1nn(Cc2ccccc2Br)c(N)c1S(C)(=O)=O. The highest BCUT2D eigenvalue weighted by molar-refractivity contribution is 9.10. The molecule has 8 heteroatoms. The molecule has 21 heavy (non-hydrogen) atoms. The number of halogens is 1. The highest BCUT2D eigenvalue weighted by Crippen LogP contribution is 2.30. The van der Waals surface area contributed by atoms with Gasteiger partial charge in [0.25, 0.3) is 0 Å². The third-order valence-corrected chi connectivity index (χ3v) is 4.91. The fraction of sp³-hybridized carbons (Fsp3) is 0.308. The van der Waals surface area contributed by atoms with E-state index in [1.165, 1.54) is 4.68 Å². The first kappa shape index (κ1) is 15.8. The first-order valence-electron chi connectivity index (χ1n) is 6.19. The Balaban J connectivity index is 2.54. The Labute approximate surface area is 132 Å². The molecule has 1 heterocycles. The number of benzene rings is 1. The molecule has 0 aliphatic heterocycles. The summed E-state index contributed by atoms with van der Waals surface area (Å²) in [7, 11) is 0.0182. The van der Waals surface area contributed by atoms with Crippen LogP contribution in [0.25, 0.3) is 0 Å². The van der Waals surface area contributed by atoms with E-state index in [1.807, 2.05) is 24.3 Å². The van der Waals surface area contributed by atoms with Crippen LogP contribution >= 0.6 is 15.9 Å². The van der Waals surface area contributed by atoms with E-state index in [2.05, 4.69) is 21.0 Å². The summed E-state index contributed by atoms with van der Waals surface area (Å²) in [6.07, 6.45) is 1.14. The summed E-state index contributed by atoms with van der Waals surface area (Å²) in [6, 6.07) is 7.66. The molecular weight excluding hydrogens is 356 g/mol. The van der Waals surface area contributed by atoms with Gasteiger partial charge in [0.2, 0.25) is 0 Å². The second-order valence-corrected chi connectivity index (χ2v) is 7.76. The maximum atomic E-state index is 11.9. The second-order valence-electron chi connectivity index (χ2n) is 4.95. The van der Waals surface area contributed by atoms with Gasteiger partial charge in [-0.2, -0.15) is 5.10 Å². The minimum absolute atomic E-state index is 0.0690. The molecule has 0 bridgehead atoms. The number of anilines is 2. The number of hydrogen-bond donors (Lipinski definition) is 1. The molecule has 0 unspecified atom stereocenters. The van der Waals surface area contributed by atoms with E-state index >= 15 is 0 Å². The van der Waals surface area contributed by atoms with Gasteiger partial charge in [-0.1, -0.05) is 34.1 Å². The number of nitrogens with zero attached hydrogens (tertiary/aromatic N) is 3. The van der Waals surface area contributed by atoms with Gasteiger partial charge in [-0.05, 0) is 11.6 Å². The van der Waals surface area contributed by atoms with Crippen molar-refractivity contribution in [2.75, 3.05) is 31.0 Å². The molecule has 1 aromatic carbocycles. The third kappa shape index (κ3) is 3.21. The highest BCUT2D eigenvalue weighted by atomic mass is 79.9. The molecule has 6 nitrogen and oxygen atoms in total. The molecule has 114 valence electrons. The quantitative estimate of drug-likeness (QED) is 0.883. The minimum atomic E-state index is -3.45. The number of nitrogens with two attached hydrogens (primary N) is 1. The maximum absolute atomic E-state index is 11.9. The molecule has 0 amide bonds. The lowest BCUT2D eigenvalue weighted by atomic mass is 10.2. The topological polar surface area (TPSA) is 81.2 Å². The Hall–Kier alpha value is -1.54. The zero-order valence-corrected chi connectivity index (χ0v) is 14.4. The number of sulfone groups is 1. The number of rotatable bonds is 4. The number of nitrogen functional groups attached to an aromatic ring is 1. The van der Waals surface area contributed by atoms with Crippen LogP contribution in [0, 0.1) is 0 Å². The van der Waals surface area contributed by atoms with Crippen LogP contribution < -0.4 is 10.6 Å². The van der Waals surface area contributed by atoms with Crippen molar-refractivity contribution in [2.24, 2.45) is 0 Å². The lowest BCUT2D eigenvalue weighted by Gasteiger charge is -2.09. The zero-order chi connectivity index (χ0) is 15.8. The average molecular weight is 373 g/mol. The highest BCUT2D eigenvalue weighted by Gasteiger charge is 2.25. The van der Waals surface area contributed by atoms with Gasteiger partial charge in [-0.25, -0.2) is 13.1 Å². The molecule has 1 aromatic heterocycles. The van der Waals surface area contributed by atoms with Crippen molar-refractivity contribution < 1.29 is 8.42 Å². The predicted molar refractivity (Wildman–Crippen MR) is 87.3 cm³/mol. The standard InChI is InChI=1S/C13H17BrN4O2S/c1-17(2)13-11(21(3,19)20)12(15)18(16-13)8-9-6-4-5-7-10(9)14/h4-7H,8,15H2,1-3H3. The van der Waals surface area contributed by atoms with Crippen molar-refractivity contribution in [1.29, 1.82) is 0 Å². The van der Waals surface area contributed by atoms with Gasteiger partial charge >= 0.3 is 0 Å². The van der Waals surface area contributed by atoms with E-state index in [9.17, 15) is 8.42 Å². The first-order valence-corrected chi connectivity index (χ1v) is 8.87. The molecule has 2 rings (SSSR count). The van der Waals surface area contributed by atoms with E-state index < -0.39 is 9.84 Å². The molecule has 2 aromatic rings. The van der Waals surface area contributed by atoms with Crippen LogP contribution in [0.4, 0.5) is 11.6 Å². The van der Waals surface area contributed by atoms with Crippen molar-refractivity contribution in [3.8, 4) is 0 Å². The molecule has 0 spiro atoms. The van der Waals surface area contributed by atoms with Crippen LogP contribution in [0.3, 0.4) is 0 Å². The summed E-state index contributed by atoms with van der Waals surface area (Å²) in [4.78, 5) is 1.71. The summed E-state index contributed by atoms with van der Waals surface area (Å²) in [5.74, 6) is 0.499. The monoisotopic (exact) mass is 372 g/mol. The summed E-state index contributed by atoms with van der Waals surface area (Å²) < 4.78 is 26.3. The van der Waals surface area contributed by atoms with E-state index in [4.69, 9.17) is 5.73 Å². The van der Waals surface area contributed by atoms with Crippen molar-refractivity contribution in [1.82, 2.24) is 9.78 Å². The van der Waals surface area contributed by atoms with Gasteiger partial charge < -0.3 is 10.6 Å². The third-order valence-electron chi connectivity index (χ3n) is 3.00. The Morgan fingerprint density at radius 2 is 1.95 bits per heavy atom. The number of hydrogen-bond acceptors (Lipinski definition) is 5. The molecule has 0 aliphatic carbocycles. The second kappa shape index (κ2) is 5.69. The maximum Gasteiger partial charge on any atom is 0.182 e. The van der Waals surface area contributed by atoms with Gasteiger partial charge in [-0.15, -0.1) is 0 Å². The van der Waals surface area contributed by atoms with Gasteiger partial charge in [0, 0.05) is 24.8 Å². The Bertz CT molecular complexity index is 768. The summed E-state index contributed by atoms with van der Waals surface area (Å²) in [6.45, 7) is 0.392. The van der Waals surface area contributed by atoms with E-state index in [0.29, 0.717) is 12.4 Å². The van der Waals surface area contributed by atoms with Crippen LogP contribution in [-0.4, -0.2) is 38.5 Å².